The molecule has 0 unspecified atom stereocenters. The molecule has 2 aromatic rings. The Balaban J connectivity index is 2.15. The van der Waals surface area contributed by atoms with Crippen LogP contribution < -0.4 is 5.32 Å². The minimum atomic E-state index is 0.0786. The molecule has 1 fully saturated rings. The zero-order chi connectivity index (χ0) is 11.7. The summed E-state index contributed by atoms with van der Waals surface area (Å²) in [5.41, 5.74) is 0.947. The lowest BCUT2D eigenvalue weighted by Crippen LogP contribution is -2.34. The average molecular weight is 229 g/mol. The highest BCUT2D eigenvalue weighted by atomic mass is 16.5. The number of aromatic hydroxyl groups is 1. The van der Waals surface area contributed by atoms with Gasteiger partial charge in [-0.25, -0.2) is 0 Å². The van der Waals surface area contributed by atoms with E-state index in [0.29, 0.717) is 12.4 Å². The van der Waals surface area contributed by atoms with E-state index in [-0.39, 0.29) is 6.04 Å². The van der Waals surface area contributed by atoms with Crippen molar-refractivity contribution < 1.29 is 9.84 Å². The summed E-state index contributed by atoms with van der Waals surface area (Å²) < 4.78 is 5.47. The zero-order valence-corrected chi connectivity index (χ0v) is 9.52. The van der Waals surface area contributed by atoms with Crippen molar-refractivity contribution in [3.63, 3.8) is 0 Å². The van der Waals surface area contributed by atoms with E-state index >= 15 is 0 Å². The van der Waals surface area contributed by atoms with Crippen LogP contribution in [0.4, 0.5) is 0 Å². The first-order valence-corrected chi connectivity index (χ1v) is 5.88. The molecule has 17 heavy (non-hydrogen) atoms. The first-order valence-electron chi connectivity index (χ1n) is 5.88. The molecule has 3 heteroatoms. The highest BCUT2D eigenvalue weighted by molar-refractivity contribution is 5.88. The van der Waals surface area contributed by atoms with Gasteiger partial charge in [-0.05, 0) is 16.8 Å². The van der Waals surface area contributed by atoms with Gasteiger partial charge in [0.25, 0.3) is 0 Å². The number of rotatable bonds is 1. The number of nitrogens with one attached hydrogen (secondary N) is 1. The van der Waals surface area contributed by atoms with Crippen LogP contribution in [0.3, 0.4) is 0 Å². The molecule has 1 aliphatic rings. The Morgan fingerprint density at radius 2 is 2.06 bits per heavy atom. The Morgan fingerprint density at radius 1 is 1.18 bits per heavy atom. The molecule has 0 amide bonds. The summed E-state index contributed by atoms with van der Waals surface area (Å²) in [6.45, 7) is 2.18. The Morgan fingerprint density at radius 3 is 2.88 bits per heavy atom. The lowest BCUT2D eigenvalue weighted by atomic mass is 9.97. The van der Waals surface area contributed by atoms with Crippen LogP contribution in [0.5, 0.6) is 5.75 Å². The van der Waals surface area contributed by atoms with Gasteiger partial charge in [-0.1, -0.05) is 30.3 Å². The van der Waals surface area contributed by atoms with Gasteiger partial charge in [0.2, 0.25) is 0 Å². The molecule has 2 N–H and O–H groups in total. The summed E-state index contributed by atoms with van der Waals surface area (Å²) >= 11 is 0. The van der Waals surface area contributed by atoms with Crippen molar-refractivity contribution in [3.8, 4) is 5.75 Å². The van der Waals surface area contributed by atoms with Gasteiger partial charge >= 0.3 is 0 Å². The maximum atomic E-state index is 10.1. The molecule has 0 aliphatic carbocycles. The maximum Gasteiger partial charge on any atom is 0.121 e. The monoisotopic (exact) mass is 229 g/mol. The molecule has 3 rings (SSSR count). The van der Waals surface area contributed by atoms with E-state index in [0.717, 1.165) is 29.5 Å². The number of fused-ring (bicyclic) bond motifs is 1. The first-order chi connectivity index (χ1) is 8.36. The molecule has 0 spiro atoms. The smallest absolute Gasteiger partial charge is 0.121 e. The van der Waals surface area contributed by atoms with E-state index in [1.54, 1.807) is 6.07 Å². The van der Waals surface area contributed by atoms with Crippen molar-refractivity contribution in [2.75, 3.05) is 19.8 Å². The molecule has 0 saturated carbocycles. The summed E-state index contributed by atoms with van der Waals surface area (Å²) in [4.78, 5) is 0. The predicted octanol–water partition coefficient (Wildman–Crippen LogP) is 2.21. The number of ether oxygens (including phenoxy) is 1. The van der Waals surface area contributed by atoms with Gasteiger partial charge in [-0.3, -0.25) is 0 Å². The van der Waals surface area contributed by atoms with Gasteiger partial charge in [0.05, 0.1) is 19.3 Å². The summed E-state index contributed by atoms with van der Waals surface area (Å²) in [5, 5.41) is 15.7. The lowest BCUT2D eigenvalue weighted by Gasteiger charge is -2.26. The molecule has 88 valence electrons. The van der Waals surface area contributed by atoms with Crippen LogP contribution in [0.1, 0.15) is 11.6 Å². The molecule has 0 bridgehead atoms. The van der Waals surface area contributed by atoms with Crippen LogP contribution >= 0.6 is 0 Å². The number of phenolic OH excluding ortho intramolecular Hbond substituents is 1. The Kier molecular flexibility index (Phi) is 2.71. The highest BCUT2D eigenvalue weighted by Gasteiger charge is 2.20. The molecule has 1 atom stereocenters. The van der Waals surface area contributed by atoms with E-state index in [2.05, 4.69) is 11.4 Å². The molecular weight excluding hydrogens is 214 g/mol. The molecule has 1 heterocycles. The van der Waals surface area contributed by atoms with Crippen molar-refractivity contribution in [2.45, 2.75) is 6.04 Å². The molecule has 0 radical (unpaired) electrons. The Labute approximate surface area is 100 Å². The van der Waals surface area contributed by atoms with E-state index in [1.165, 1.54) is 0 Å². The molecule has 3 nitrogen and oxygen atoms in total. The number of phenols is 1. The quantitative estimate of drug-likeness (QED) is 0.787. The van der Waals surface area contributed by atoms with Gasteiger partial charge in [-0.2, -0.15) is 0 Å². The van der Waals surface area contributed by atoms with Crippen molar-refractivity contribution in [3.05, 3.63) is 42.0 Å². The summed E-state index contributed by atoms with van der Waals surface area (Å²) in [6, 6.07) is 11.9. The normalized spacial score (nSPS) is 20.6. The number of hydrogen-bond donors (Lipinski definition) is 2. The van der Waals surface area contributed by atoms with Crippen molar-refractivity contribution in [1.82, 2.24) is 5.32 Å². The van der Waals surface area contributed by atoms with Crippen LogP contribution in [-0.4, -0.2) is 24.9 Å². The lowest BCUT2D eigenvalue weighted by molar-refractivity contribution is 0.0765. The van der Waals surface area contributed by atoms with Gasteiger partial charge in [0.15, 0.2) is 0 Å². The largest absolute Gasteiger partial charge is 0.508 e. The van der Waals surface area contributed by atoms with Crippen LogP contribution in [0.15, 0.2) is 36.4 Å². The third-order valence-corrected chi connectivity index (χ3v) is 3.22. The van der Waals surface area contributed by atoms with Gasteiger partial charge < -0.3 is 15.2 Å². The van der Waals surface area contributed by atoms with E-state index < -0.39 is 0 Å². The predicted molar refractivity (Wildman–Crippen MR) is 67.2 cm³/mol. The summed E-state index contributed by atoms with van der Waals surface area (Å²) in [7, 11) is 0. The SMILES string of the molecule is Oc1ccc2ccccc2c1[C@H]1COCCN1. The molecule has 0 aromatic heterocycles. The highest BCUT2D eigenvalue weighted by Crippen LogP contribution is 2.33. The zero-order valence-electron chi connectivity index (χ0n) is 9.52. The second kappa shape index (κ2) is 4.35. The van der Waals surface area contributed by atoms with Gasteiger partial charge in [-0.15, -0.1) is 0 Å². The second-order valence-electron chi connectivity index (χ2n) is 4.30. The third kappa shape index (κ3) is 1.88. The second-order valence-corrected chi connectivity index (χ2v) is 4.30. The fourth-order valence-corrected chi connectivity index (χ4v) is 2.40. The fourth-order valence-electron chi connectivity index (χ4n) is 2.40. The molecule has 1 aliphatic heterocycles. The fraction of sp³-hybridized carbons (Fsp3) is 0.286. The Bertz CT molecular complexity index is 533. The summed E-state index contributed by atoms with van der Waals surface area (Å²) in [6.07, 6.45) is 0. The minimum absolute atomic E-state index is 0.0786. The van der Waals surface area contributed by atoms with Gasteiger partial charge in [0, 0.05) is 12.1 Å². The van der Waals surface area contributed by atoms with Crippen molar-refractivity contribution in [1.29, 1.82) is 0 Å². The average Bonchev–Trinajstić information content (AvgIpc) is 2.39. The number of morpholine rings is 1. The van der Waals surface area contributed by atoms with E-state index in [9.17, 15) is 5.11 Å². The van der Waals surface area contributed by atoms with Crippen molar-refractivity contribution in [2.24, 2.45) is 0 Å². The number of hydrogen-bond acceptors (Lipinski definition) is 3. The molecule has 2 aromatic carbocycles. The summed E-state index contributed by atoms with van der Waals surface area (Å²) in [5.74, 6) is 0.340. The first kappa shape index (κ1) is 10.6. The van der Waals surface area contributed by atoms with Crippen LogP contribution in [-0.2, 0) is 4.74 Å². The van der Waals surface area contributed by atoms with E-state index in [4.69, 9.17) is 4.74 Å². The number of benzene rings is 2. The minimum Gasteiger partial charge on any atom is -0.508 e. The topological polar surface area (TPSA) is 41.5 Å². The standard InChI is InChI=1S/C14H15NO2/c16-13-6-5-10-3-1-2-4-11(10)14(13)12-9-17-8-7-15-12/h1-6,12,15-16H,7-9H2/t12-/m1/s1. The third-order valence-electron chi connectivity index (χ3n) is 3.22. The van der Waals surface area contributed by atoms with Gasteiger partial charge in [0.1, 0.15) is 5.75 Å². The van der Waals surface area contributed by atoms with Crippen molar-refractivity contribution >= 4 is 10.8 Å². The van der Waals surface area contributed by atoms with Crippen LogP contribution in [0, 0.1) is 0 Å². The Hall–Kier alpha value is -1.58. The maximum absolute atomic E-state index is 10.1. The molecule has 1 saturated heterocycles. The van der Waals surface area contributed by atoms with Crippen LogP contribution in [0.25, 0.3) is 10.8 Å². The van der Waals surface area contributed by atoms with E-state index in [1.807, 2.05) is 24.3 Å². The van der Waals surface area contributed by atoms with Crippen LogP contribution in [0.2, 0.25) is 0 Å². The molecular formula is C14H15NO2.